The van der Waals surface area contributed by atoms with Crippen LogP contribution >= 0.6 is 0 Å². The Morgan fingerprint density at radius 1 is 1.10 bits per heavy atom. The number of hydrogen-bond acceptors (Lipinski definition) is 3. The SMILES string of the molecule is Cc1cccc2cc(-c3ccc(CNC4CC4)o3)oc12. The van der Waals surface area contributed by atoms with Gasteiger partial charge in [0.15, 0.2) is 11.5 Å². The zero-order valence-corrected chi connectivity index (χ0v) is 11.5. The Kier molecular flexibility index (Phi) is 2.67. The fraction of sp³-hybridized carbons (Fsp3) is 0.294. The second-order valence-corrected chi connectivity index (χ2v) is 5.53. The van der Waals surface area contributed by atoms with Crippen LogP contribution in [0.25, 0.3) is 22.5 Å². The molecule has 0 atom stereocenters. The molecule has 1 fully saturated rings. The van der Waals surface area contributed by atoms with Crippen molar-refractivity contribution < 1.29 is 8.83 Å². The van der Waals surface area contributed by atoms with E-state index in [4.69, 9.17) is 8.83 Å². The molecule has 2 heterocycles. The van der Waals surface area contributed by atoms with Gasteiger partial charge in [0.1, 0.15) is 11.3 Å². The Hall–Kier alpha value is -2.00. The zero-order chi connectivity index (χ0) is 13.5. The maximum atomic E-state index is 5.92. The third-order valence-corrected chi connectivity index (χ3v) is 3.79. The second-order valence-electron chi connectivity index (χ2n) is 5.53. The van der Waals surface area contributed by atoms with Gasteiger partial charge in [-0.05, 0) is 43.5 Å². The van der Waals surface area contributed by atoms with Crippen molar-refractivity contribution in [2.75, 3.05) is 0 Å². The first-order chi connectivity index (χ1) is 9.79. The third kappa shape index (κ3) is 2.14. The second kappa shape index (κ2) is 4.53. The van der Waals surface area contributed by atoms with E-state index in [0.717, 1.165) is 40.4 Å². The van der Waals surface area contributed by atoms with Crippen molar-refractivity contribution in [1.29, 1.82) is 0 Å². The summed E-state index contributed by atoms with van der Waals surface area (Å²) >= 11 is 0. The molecule has 1 aliphatic rings. The van der Waals surface area contributed by atoms with Gasteiger partial charge in [0.25, 0.3) is 0 Å². The van der Waals surface area contributed by atoms with Crippen molar-refractivity contribution in [2.45, 2.75) is 32.4 Å². The fourth-order valence-electron chi connectivity index (χ4n) is 2.47. The van der Waals surface area contributed by atoms with E-state index in [1.165, 1.54) is 12.8 Å². The molecule has 0 saturated heterocycles. The number of fused-ring (bicyclic) bond motifs is 1. The lowest BCUT2D eigenvalue weighted by Crippen LogP contribution is -2.14. The van der Waals surface area contributed by atoms with E-state index in [0.29, 0.717) is 6.04 Å². The smallest absolute Gasteiger partial charge is 0.170 e. The molecule has 3 nitrogen and oxygen atoms in total. The first-order valence-corrected chi connectivity index (χ1v) is 7.11. The highest BCUT2D eigenvalue weighted by Crippen LogP contribution is 2.31. The maximum absolute atomic E-state index is 5.92. The summed E-state index contributed by atoms with van der Waals surface area (Å²) in [6.45, 7) is 2.85. The first-order valence-electron chi connectivity index (χ1n) is 7.11. The molecule has 3 aromatic rings. The Balaban J connectivity index is 1.62. The van der Waals surface area contributed by atoms with Crippen LogP contribution in [0.4, 0.5) is 0 Å². The lowest BCUT2D eigenvalue weighted by Gasteiger charge is -1.98. The van der Waals surface area contributed by atoms with Crippen LogP contribution in [0.2, 0.25) is 0 Å². The van der Waals surface area contributed by atoms with Crippen LogP contribution in [0, 0.1) is 6.92 Å². The standard InChI is InChI=1S/C17H17NO2/c1-11-3-2-4-12-9-16(20-17(11)12)15-8-7-14(19-15)10-18-13-5-6-13/h2-4,7-9,13,18H,5-6,10H2,1H3. The van der Waals surface area contributed by atoms with Crippen molar-refractivity contribution in [1.82, 2.24) is 5.32 Å². The number of furan rings is 2. The molecule has 0 radical (unpaired) electrons. The lowest BCUT2D eigenvalue weighted by atomic mass is 10.2. The minimum atomic E-state index is 0.692. The van der Waals surface area contributed by atoms with Gasteiger partial charge in [-0.2, -0.15) is 0 Å². The van der Waals surface area contributed by atoms with Crippen molar-refractivity contribution >= 4 is 11.0 Å². The summed E-state index contributed by atoms with van der Waals surface area (Å²) in [5, 5.41) is 4.57. The van der Waals surface area contributed by atoms with Gasteiger partial charge >= 0.3 is 0 Å². The molecule has 0 bridgehead atoms. The molecular weight excluding hydrogens is 250 g/mol. The number of hydrogen-bond donors (Lipinski definition) is 1. The van der Waals surface area contributed by atoms with Gasteiger partial charge in [0.05, 0.1) is 6.54 Å². The average Bonchev–Trinajstić information content (AvgIpc) is 2.99. The average molecular weight is 267 g/mol. The highest BCUT2D eigenvalue weighted by atomic mass is 16.4. The van der Waals surface area contributed by atoms with Gasteiger partial charge in [-0.3, -0.25) is 0 Å². The summed E-state index contributed by atoms with van der Waals surface area (Å²) in [7, 11) is 0. The molecule has 1 aliphatic carbocycles. The summed E-state index contributed by atoms with van der Waals surface area (Å²) in [5.41, 5.74) is 2.09. The summed E-state index contributed by atoms with van der Waals surface area (Å²) in [6.07, 6.45) is 2.58. The van der Waals surface area contributed by atoms with Crippen molar-refractivity contribution in [2.24, 2.45) is 0 Å². The molecule has 1 aromatic carbocycles. The van der Waals surface area contributed by atoms with Crippen LogP contribution in [0.3, 0.4) is 0 Å². The Morgan fingerprint density at radius 2 is 2.00 bits per heavy atom. The number of para-hydroxylation sites is 1. The molecule has 1 saturated carbocycles. The molecule has 0 amide bonds. The minimum Gasteiger partial charge on any atom is -0.456 e. The van der Waals surface area contributed by atoms with E-state index in [1.54, 1.807) is 0 Å². The Morgan fingerprint density at radius 3 is 2.80 bits per heavy atom. The fourth-order valence-corrected chi connectivity index (χ4v) is 2.47. The predicted octanol–water partition coefficient (Wildman–Crippen LogP) is 4.25. The van der Waals surface area contributed by atoms with Crippen LogP contribution < -0.4 is 5.32 Å². The van der Waals surface area contributed by atoms with Gasteiger partial charge in [0, 0.05) is 11.4 Å². The van der Waals surface area contributed by atoms with Gasteiger partial charge < -0.3 is 14.2 Å². The third-order valence-electron chi connectivity index (χ3n) is 3.79. The van der Waals surface area contributed by atoms with Gasteiger partial charge in [-0.15, -0.1) is 0 Å². The summed E-state index contributed by atoms with van der Waals surface area (Å²) in [4.78, 5) is 0. The molecule has 1 N–H and O–H groups in total. The lowest BCUT2D eigenvalue weighted by molar-refractivity contribution is 0.478. The van der Waals surface area contributed by atoms with E-state index in [2.05, 4.69) is 24.4 Å². The number of benzene rings is 1. The topological polar surface area (TPSA) is 38.3 Å². The van der Waals surface area contributed by atoms with Crippen molar-refractivity contribution in [3.8, 4) is 11.5 Å². The first kappa shape index (κ1) is 11.8. The number of aryl methyl sites for hydroxylation is 1. The van der Waals surface area contributed by atoms with Crippen LogP contribution in [-0.2, 0) is 6.54 Å². The highest BCUT2D eigenvalue weighted by molar-refractivity contribution is 5.84. The van der Waals surface area contributed by atoms with Crippen molar-refractivity contribution in [3.05, 3.63) is 47.7 Å². The largest absolute Gasteiger partial charge is 0.456 e. The molecule has 0 aliphatic heterocycles. The number of nitrogens with one attached hydrogen (secondary N) is 1. The summed E-state index contributed by atoms with van der Waals surface area (Å²) in [5.74, 6) is 2.56. The molecular formula is C17H17NO2. The van der Waals surface area contributed by atoms with Crippen LogP contribution in [0.15, 0.2) is 45.2 Å². The minimum absolute atomic E-state index is 0.692. The number of rotatable bonds is 4. The van der Waals surface area contributed by atoms with E-state index < -0.39 is 0 Å². The highest BCUT2D eigenvalue weighted by Gasteiger charge is 2.20. The Bertz CT molecular complexity index is 749. The molecule has 0 spiro atoms. The molecule has 4 rings (SSSR count). The van der Waals surface area contributed by atoms with Crippen LogP contribution in [0.5, 0.6) is 0 Å². The molecule has 102 valence electrons. The van der Waals surface area contributed by atoms with E-state index in [9.17, 15) is 0 Å². The molecule has 3 heteroatoms. The van der Waals surface area contributed by atoms with E-state index in [1.807, 2.05) is 24.3 Å². The van der Waals surface area contributed by atoms with Crippen LogP contribution in [0.1, 0.15) is 24.2 Å². The van der Waals surface area contributed by atoms with Crippen LogP contribution in [-0.4, -0.2) is 6.04 Å². The van der Waals surface area contributed by atoms with E-state index in [-0.39, 0.29) is 0 Å². The summed E-state index contributed by atoms with van der Waals surface area (Å²) < 4.78 is 11.8. The normalized spacial score (nSPS) is 15.1. The zero-order valence-electron chi connectivity index (χ0n) is 11.5. The summed E-state index contributed by atoms with van der Waals surface area (Å²) in [6, 6.07) is 12.9. The van der Waals surface area contributed by atoms with E-state index >= 15 is 0 Å². The monoisotopic (exact) mass is 267 g/mol. The molecule has 0 unspecified atom stereocenters. The van der Waals surface area contributed by atoms with Gasteiger partial charge in [-0.1, -0.05) is 18.2 Å². The van der Waals surface area contributed by atoms with Gasteiger partial charge in [-0.25, -0.2) is 0 Å². The molecule has 20 heavy (non-hydrogen) atoms. The maximum Gasteiger partial charge on any atom is 0.170 e. The van der Waals surface area contributed by atoms with Crippen molar-refractivity contribution in [3.63, 3.8) is 0 Å². The Labute approximate surface area is 117 Å². The predicted molar refractivity (Wildman–Crippen MR) is 78.5 cm³/mol. The quantitative estimate of drug-likeness (QED) is 0.767. The van der Waals surface area contributed by atoms with Gasteiger partial charge in [0.2, 0.25) is 0 Å². The molecule has 2 aromatic heterocycles.